The number of hydrogen-bond acceptors (Lipinski definition) is 12. The number of carbonyl (C=O) groups is 1. The number of aliphatic hydroxyl groups is 3. The van der Waals surface area contributed by atoms with Crippen molar-refractivity contribution in [1.82, 2.24) is 0 Å². The summed E-state index contributed by atoms with van der Waals surface area (Å²) in [4.78, 5) is 41.0. The Balaban J connectivity index is 1.66. The maximum atomic E-state index is 12.1. The minimum atomic E-state index is -1.03. The fourth-order valence-electron chi connectivity index (χ4n) is 5.02. The average Bonchev–Trinajstić information content (AvgIpc) is 3.23. The molecule has 42 heavy (non-hydrogen) atoms. The van der Waals surface area contributed by atoms with Crippen LogP contribution in [-0.2, 0) is 30.4 Å². The molecule has 0 radical (unpaired) electrons. The number of allylic oxidation sites excluding steroid dienone is 2. The Morgan fingerprint density at radius 3 is 2.40 bits per heavy atom. The van der Waals surface area contributed by atoms with Crippen LogP contribution in [0, 0.1) is 32.1 Å². The number of rotatable bonds is 22. The molecule has 6 atom stereocenters. The highest BCUT2D eigenvalue weighted by molar-refractivity contribution is 5.69. The summed E-state index contributed by atoms with van der Waals surface area (Å²) in [6.07, 6.45) is 5.77. The zero-order valence-electron chi connectivity index (χ0n) is 23.6. The summed E-state index contributed by atoms with van der Waals surface area (Å²) in [6, 6.07) is 9.95. The molecule has 0 aliphatic heterocycles. The second-order valence-electron chi connectivity index (χ2n) is 10.3. The fraction of sp³-hybridized carbons (Fsp3) is 0.679. The van der Waals surface area contributed by atoms with Gasteiger partial charge in [-0.05, 0) is 68.8 Å². The second-order valence-corrected chi connectivity index (χ2v) is 10.3. The van der Waals surface area contributed by atoms with Gasteiger partial charge in [0.1, 0.15) is 25.9 Å². The molecule has 0 bridgehead atoms. The number of ether oxygens (including phenoxy) is 2. The van der Waals surface area contributed by atoms with E-state index in [9.17, 15) is 40.3 Å². The first-order valence-electron chi connectivity index (χ1n) is 14.2. The first-order valence-corrected chi connectivity index (χ1v) is 14.2. The largest absolute Gasteiger partial charge is 0.463 e. The van der Waals surface area contributed by atoms with Crippen LogP contribution < -0.4 is 0 Å². The number of unbranched alkanes of at least 4 members (excludes halogenated alkanes) is 1. The molecule has 1 aliphatic rings. The van der Waals surface area contributed by atoms with Crippen LogP contribution in [0.5, 0.6) is 0 Å². The molecule has 0 saturated heterocycles. The maximum Gasteiger partial charge on any atom is 0.305 e. The zero-order valence-corrected chi connectivity index (χ0v) is 23.6. The van der Waals surface area contributed by atoms with E-state index in [1.807, 2.05) is 42.5 Å². The van der Waals surface area contributed by atoms with Crippen LogP contribution >= 0.6 is 0 Å². The molecule has 3 N–H and O–H groups in total. The van der Waals surface area contributed by atoms with Crippen molar-refractivity contribution >= 4 is 5.97 Å². The van der Waals surface area contributed by atoms with E-state index in [1.165, 1.54) is 5.56 Å². The van der Waals surface area contributed by atoms with Gasteiger partial charge >= 0.3 is 5.97 Å². The van der Waals surface area contributed by atoms with E-state index in [1.54, 1.807) is 0 Å². The Labute approximate surface area is 244 Å². The van der Waals surface area contributed by atoms with E-state index in [0.29, 0.717) is 44.9 Å². The van der Waals surface area contributed by atoms with Crippen LogP contribution in [0.25, 0.3) is 0 Å². The van der Waals surface area contributed by atoms with Crippen molar-refractivity contribution in [3.05, 3.63) is 68.3 Å². The van der Waals surface area contributed by atoms with Gasteiger partial charge in [0.05, 0.1) is 24.9 Å². The van der Waals surface area contributed by atoms with Gasteiger partial charge < -0.3 is 34.5 Å². The Bertz CT molecular complexity index is 963. The summed E-state index contributed by atoms with van der Waals surface area (Å²) in [7, 11) is 0. The standard InChI is InChI=1S/C28H42N2O12/c31-22(13-12-21-8-4-3-5-9-21)14-15-25-24(26(32)18-27(25)33)10-6-1-2-7-11-28(34)40-19-23(20-42-30(37)38)39-16-17-41-29(35)36/h1,3-6,8-9,22-27,31-33H,2,7,10-20H2/t22-,23?,24+,25+,26-,27+/m0/s1. The summed E-state index contributed by atoms with van der Waals surface area (Å²) in [5, 5.41) is 50.0. The van der Waals surface area contributed by atoms with E-state index < -0.39 is 53.8 Å². The van der Waals surface area contributed by atoms with Crippen LogP contribution in [0.1, 0.15) is 56.9 Å². The molecule has 236 valence electrons. The third-order valence-electron chi connectivity index (χ3n) is 7.22. The minimum Gasteiger partial charge on any atom is -0.463 e. The lowest BCUT2D eigenvalue weighted by Crippen LogP contribution is -2.29. The Kier molecular flexibility index (Phi) is 16.4. The summed E-state index contributed by atoms with van der Waals surface area (Å²) in [6.45, 7) is -1.49. The Morgan fingerprint density at radius 1 is 0.976 bits per heavy atom. The second kappa shape index (κ2) is 19.7. The third-order valence-corrected chi connectivity index (χ3v) is 7.22. The van der Waals surface area contributed by atoms with Crippen LogP contribution in [0.3, 0.4) is 0 Å². The molecule has 0 heterocycles. The lowest BCUT2D eigenvalue weighted by atomic mass is 9.85. The Hall–Kier alpha value is -3.33. The molecule has 0 amide bonds. The van der Waals surface area contributed by atoms with Gasteiger partial charge in [-0.3, -0.25) is 4.79 Å². The molecule has 1 unspecified atom stereocenters. The van der Waals surface area contributed by atoms with Crippen LogP contribution in [0.2, 0.25) is 0 Å². The third kappa shape index (κ3) is 14.5. The highest BCUT2D eigenvalue weighted by Crippen LogP contribution is 2.38. The lowest BCUT2D eigenvalue weighted by molar-refractivity contribution is -0.760. The van der Waals surface area contributed by atoms with Gasteiger partial charge in [-0.1, -0.05) is 42.5 Å². The van der Waals surface area contributed by atoms with Crippen molar-refractivity contribution < 1.29 is 49.4 Å². The normalized spacial score (nSPS) is 21.6. The first-order chi connectivity index (χ1) is 20.2. The van der Waals surface area contributed by atoms with E-state index >= 15 is 0 Å². The lowest BCUT2D eigenvalue weighted by Gasteiger charge is -2.23. The molecule has 0 spiro atoms. The topological polar surface area (TPSA) is 201 Å². The average molecular weight is 599 g/mol. The van der Waals surface area contributed by atoms with Crippen LogP contribution in [0.15, 0.2) is 42.5 Å². The molecule has 1 aromatic rings. The predicted molar refractivity (Wildman–Crippen MR) is 148 cm³/mol. The predicted octanol–water partition coefficient (Wildman–Crippen LogP) is 2.58. The fourth-order valence-corrected chi connectivity index (χ4v) is 5.02. The van der Waals surface area contributed by atoms with E-state index in [2.05, 4.69) is 9.68 Å². The van der Waals surface area contributed by atoms with Crippen molar-refractivity contribution in [2.75, 3.05) is 26.4 Å². The molecule has 1 aromatic carbocycles. The smallest absolute Gasteiger partial charge is 0.305 e. The van der Waals surface area contributed by atoms with Crippen molar-refractivity contribution in [3.8, 4) is 0 Å². The molecule has 14 heteroatoms. The van der Waals surface area contributed by atoms with E-state index in [4.69, 9.17) is 9.47 Å². The van der Waals surface area contributed by atoms with Crippen molar-refractivity contribution in [3.63, 3.8) is 0 Å². The van der Waals surface area contributed by atoms with Gasteiger partial charge in [0.15, 0.2) is 0 Å². The van der Waals surface area contributed by atoms with Gasteiger partial charge in [0.25, 0.3) is 10.2 Å². The summed E-state index contributed by atoms with van der Waals surface area (Å²) in [5.74, 6) is -0.761. The SMILES string of the molecule is O=C(CCCC=CC[C@@H]1[C@@H](CC[C@@H](O)CCc2ccccc2)[C@H](O)C[C@@H]1O)OCC(CO[N+](=O)[O-])OCCO[N+](=O)[O-]. The molecule has 2 rings (SSSR count). The molecular weight excluding hydrogens is 556 g/mol. The van der Waals surface area contributed by atoms with E-state index in [0.717, 1.165) is 6.42 Å². The molecule has 14 nitrogen and oxygen atoms in total. The Morgan fingerprint density at radius 2 is 1.69 bits per heavy atom. The molecule has 0 aromatic heterocycles. The van der Waals surface area contributed by atoms with Crippen molar-refractivity contribution in [2.45, 2.75) is 82.2 Å². The van der Waals surface area contributed by atoms with Gasteiger partial charge in [-0.25, -0.2) is 0 Å². The van der Waals surface area contributed by atoms with Gasteiger partial charge in [0.2, 0.25) is 0 Å². The molecule has 1 fully saturated rings. The number of aryl methyl sites for hydroxylation is 1. The van der Waals surface area contributed by atoms with Gasteiger partial charge in [-0.15, -0.1) is 20.2 Å². The van der Waals surface area contributed by atoms with Gasteiger partial charge in [-0.2, -0.15) is 0 Å². The number of aliphatic hydroxyl groups excluding tert-OH is 3. The molecule has 1 aliphatic carbocycles. The van der Waals surface area contributed by atoms with Crippen molar-refractivity contribution in [2.24, 2.45) is 11.8 Å². The number of hydrogen-bond donors (Lipinski definition) is 3. The monoisotopic (exact) mass is 598 g/mol. The maximum absolute atomic E-state index is 12.1. The van der Waals surface area contributed by atoms with Crippen LogP contribution in [-0.4, -0.2) is 82.3 Å². The molecule has 1 saturated carbocycles. The van der Waals surface area contributed by atoms with Gasteiger partial charge in [0, 0.05) is 6.42 Å². The van der Waals surface area contributed by atoms with E-state index in [-0.39, 0.29) is 31.5 Å². The van der Waals surface area contributed by atoms with Crippen LogP contribution in [0.4, 0.5) is 0 Å². The highest BCUT2D eigenvalue weighted by Gasteiger charge is 2.40. The zero-order chi connectivity index (χ0) is 30.7. The number of nitrogens with zero attached hydrogens (tertiary/aromatic N) is 2. The highest BCUT2D eigenvalue weighted by atomic mass is 17.0. The summed E-state index contributed by atoms with van der Waals surface area (Å²) in [5.41, 5.74) is 1.17. The summed E-state index contributed by atoms with van der Waals surface area (Å²) < 4.78 is 10.3. The number of benzene rings is 1. The number of esters is 1. The summed E-state index contributed by atoms with van der Waals surface area (Å²) >= 11 is 0. The number of carbonyl (C=O) groups excluding carboxylic acids is 1. The van der Waals surface area contributed by atoms with Crippen molar-refractivity contribution in [1.29, 1.82) is 0 Å². The minimum absolute atomic E-state index is 0.0891. The first kappa shape index (κ1) is 34.9. The quantitative estimate of drug-likeness (QED) is 0.0580. The molecular formula is C28H42N2O12.